The van der Waals surface area contributed by atoms with Gasteiger partial charge in [0.05, 0.1) is 5.56 Å². The normalized spacial score (nSPS) is 19.0. The third kappa shape index (κ3) is 4.83. The molecular formula is C25H27N3O. The number of carbonyl (C=O) groups is 1. The number of piperidine rings is 1. The molecule has 0 saturated carbocycles. The van der Waals surface area contributed by atoms with Crippen molar-refractivity contribution in [3.8, 4) is 0 Å². The zero-order valence-electron chi connectivity index (χ0n) is 16.8. The highest BCUT2D eigenvalue weighted by Gasteiger charge is 2.32. The second-order valence-electron chi connectivity index (χ2n) is 7.79. The second-order valence-corrected chi connectivity index (χ2v) is 7.79. The van der Waals surface area contributed by atoms with Gasteiger partial charge in [-0.2, -0.15) is 0 Å². The SMILES string of the molecule is Cc1ccc(C(=O)N2CC[C@@H](Nc3ccccc3)[C@@H](Cc3ccccc3)C2)cn1. The predicted molar refractivity (Wildman–Crippen MR) is 117 cm³/mol. The third-order valence-electron chi connectivity index (χ3n) is 5.65. The first-order valence-electron chi connectivity index (χ1n) is 10.3. The number of nitrogens with one attached hydrogen (secondary N) is 1. The first-order valence-corrected chi connectivity index (χ1v) is 10.3. The molecule has 0 bridgehead atoms. The summed E-state index contributed by atoms with van der Waals surface area (Å²) in [4.78, 5) is 19.3. The van der Waals surface area contributed by atoms with E-state index in [9.17, 15) is 4.79 Å². The molecule has 29 heavy (non-hydrogen) atoms. The highest BCUT2D eigenvalue weighted by atomic mass is 16.2. The van der Waals surface area contributed by atoms with Crippen LogP contribution in [0, 0.1) is 12.8 Å². The number of amides is 1. The van der Waals surface area contributed by atoms with Gasteiger partial charge in [0, 0.05) is 42.6 Å². The number of anilines is 1. The van der Waals surface area contributed by atoms with E-state index in [2.05, 4.69) is 58.8 Å². The maximum absolute atomic E-state index is 13.0. The summed E-state index contributed by atoms with van der Waals surface area (Å²) in [7, 11) is 0. The topological polar surface area (TPSA) is 45.2 Å². The zero-order valence-corrected chi connectivity index (χ0v) is 16.8. The average molecular weight is 386 g/mol. The Morgan fingerprint density at radius 2 is 1.76 bits per heavy atom. The number of rotatable bonds is 5. The third-order valence-corrected chi connectivity index (χ3v) is 5.65. The molecule has 2 aromatic carbocycles. The van der Waals surface area contributed by atoms with Gasteiger partial charge in [0.2, 0.25) is 0 Å². The van der Waals surface area contributed by atoms with Crippen LogP contribution in [0.1, 0.15) is 28.0 Å². The molecule has 2 heterocycles. The van der Waals surface area contributed by atoms with E-state index in [1.54, 1.807) is 6.20 Å². The van der Waals surface area contributed by atoms with Crippen molar-refractivity contribution in [1.29, 1.82) is 0 Å². The molecule has 4 nitrogen and oxygen atoms in total. The van der Waals surface area contributed by atoms with Crippen molar-refractivity contribution in [2.24, 2.45) is 5.92 Å². The van der Waals surface area contributed by atoms with E-state index in [0.29, 0.717) is 17.5 Å². The molecule has 0 spiro atoms. The summed E-state index contributed by atoms with van der Waals surface area (Å²) >= 11 is 0. The largest absolute Gasteiger partial charge is 0.382 e. The van der Waals surface area contributed by atoms with Crippen molar-refractivity contribution in [3.63, 3.8) is 0 Å². The summed E-state index contributed by atoms with van der Waals surface area (Å²) in [5, 5.41) is 3.71. The lowest BCUT2D eigenvalue weighted by Gasteiger charge is -2.39. The highest BCUT2D eigenvalue weighted by molar-refractivity contribution is 5.94. The van der Waals surface area contributed by atoms with Crippen molar-refractivity contribution in [2.75, 3.05) is 18.4 Å². The lowest BCUT2D eigenvalue weighted by Crippen LogP contribution is -2.49. The van der Waals surface area contributed by atoms with Crippen LogP contribution in [-0.2, 0) is 6.42 Å². The van der Waals surface area contributed by atoms with Gasteiger partial charge in [0.1, 0.15) is 0 Å². The van der Waals surface area contributed by atoms with Gasteiger partial charge < -0.3 is 10.2 Å². The first kappa shape index (κ1) is 19.2. The number of carbonyl (C=O) groups excluding carboxylic acids is 1. The second kappa shape index (κ2) is 8.91. The summed E-state index contributed by atoms with van der Waals surface area (Å²) in [6.45, 7) is 3.43. The number of nitrogens with zero attached hydrogens (tertiary/aromatic N) is 2. The molecule has 1 fully saturated rings. The van der Waals surface area contributed by atoms with Gasteiger partial charge in [-0.25, -0.2) is 0 Å². The van der Waals surface area contributed by atoms with E-state index >= 15 is 0 Å². The van der Waals surface area contributed by atoms with E-state index in [1.807, 2.05) is 36.1 Å². The Balaban J connectivity index is 1.52. The minimum Gasteiger partial charge on any atom is -0.382 e. The van der Waals surface area contributed by atoms with Gasteiger partial charge in [0.15, 0.2) is 0 Å². The van der Waals surface area contributed by atoms with E-state index in [4.69, 9.17) is 0 Å². The lowest BCUT2D eigenvalue weighted by atomic mass is 9.86. The molecule has 3 aromatic rings. The summed E-state index contributed by atoms with van der Waals surface area (Å²) in [5.41, 5.74) is 4.04. The Kier molecular flexibility index (Phi) is 5.89. The van der Waals surface area contributed by atoms with Gasteiger partial charge in [-0.15, -0.1) is 0 Å². The number of aromatic nitrogens is 1. The maximum atomic E-state index is 13.0. The Bertz CT molecular complexity index is 925. The van der Waals surface area contributed by atoms with Crippen LogP contribution in [0.5, 0.6) is 0 Å². The monoisotopic (exact) mass is 385 g/mol. The van der Waals surface area contributed by atoms with Crippen molar-refractivity contribution < 1.29 is 4.79 Å². The van der Waals surface area contributed by atoms with Crippen LogP contribution in [0.3, 0.4) is 0 Å². The highest BCUT2D eigenvalue weighted by Crippen LogP contribution is 2.26. The van der Waals surface area contributed by atoms with Crippen LogP contribution < -0.4 is 5.32 Å². The minimum absolute atomic E-state index is 0.0775. The van der Waals surface area contributed by atoms with E-state index in [0.717, 1.165) is 37.3 Å². The molecule has 1 N–H and O–H groups in total. The summed E-state index contributed by atoms with van der Waals surface area (Å²) in [6, 6.07) is 25.0. The summed E-state index contributed by atoms with van der Waals surface area (Å²) in [5.74, 6) is 0.419. The Morgan fingerprint density at radius 3 is 2.45 bits per heavy atom. The molecule has 2 atom stereocenters. The number of para-hydroxylation sites is 1. The molecule has 0 radical (unpaired) electrons. The molecule has 4 heteroatoms. The Hall–Kier alpha value is -3.14. The lowest BCUT2D eigenvalue weighted by molar-refractivity contribution is 0.0660. The van der Waals surface area contributed by atoms with Gasteiger partial charge in [-0.05, 0) is 49.6 Å². The molecule has 148 valence electrons. The van der Waals surface area contributed by atoms with Crippen LogP contribution in [0.4, 0.5) is 5.69 Å². The fourth-order valence-corrected chi connectivity index (χ4v) is 4.06. The van der Waals surface area contributed by atoms with Crippen LogP contribution >= 0.6 is 0 Å². The fourth-order valence-electron chi connectivity index (χ4n) is 4.06. The average Bonchev–Trinajstić information content (AvgIpc) is 2.76. The number of pyridine rings is 1. The summed E-state index contributed by atoms with van der Waals surface area (Å²) < 4.78 is 0. The molecule has 1 amide bonds. The Morgan fingerprint density at radius 1 is 1.03 bits per heavy atom. The van der Waals surface area contributed by atoms with E-state index < -0.39 is 0 Å². The number of likely N-dealkylation sites (tertiary alicyclic amines) is 1. The smallest absolute Gasteiger partial charge is 0.255 e. The van der Waals surface area contributed by atoms with Crippen molar-refractivity contribution >= 4 is 11.6 Å². The van der Waals surface area contributed by atoms with Crippen molar-refractivity contribution in [2.45, 2.75) is 25.8 Å². The van der Waals surface area contributed by atoms with Crippen LogP contribution in [0.2, 0.25) is 0 Å². The van der Waals surface area contributed by atoms with E-state index in [-0.39, 0.29) is 5.91 Å². The van der Waals surface area contributed by atoms with Crippen LogP contribution in [-0.4, -0.2) is 34.9 Å². The summed E-state index contributed by atoms with van der Waals surface area (Å²) in [6.07, 6.45) is 3.57. The molecule has 1 saturated heterocycles. The van der Waals surface area contributed by atoms with Crippen LogP contribution in [0.25, 0.3) is 0 Å². The molecule has 0 aliphatic carbocycles. The molecular weight excluding hydrogens is 358 g/mol. The zero-order chi connectivity index (χ0) is 20.1. The molecule has 1 aliphatic rings. The van der Waals surface area contributed by atoms with E-state index in [1.165, 1.54) is 5.56 Å². The number of aryl methyl sites for hydroxylation is 1. The fraction of sp³-hybridized carbons (Fsp3) is 0.280. The molecule has 0 unspecified atom stereocenters. The standard InChI is InChI=1S/C25H27N3O/c1-19-12-13-21(17-26-19)25(29)28-15-14-24(27-23-10-6-3-7-11-23)22(18-28)16-20-8-4-2-5-9-20/h2-13,17,22,24,27H,14-16,18H2,1H3/t22-,24+/m0/s1. The maximum Gasteiger partial charge on any atom is 0.255 e. The van der Waals surface area contributed by atoms with Gasteiger partial charge in [-0.3, -0.25) is 9.78 Å². The van der Waals surface area contributed by atoms with Gasteiger partial charge >= 0.3 is 0 Å². The number of hydrogen-bond donors (Lipinski definition) is 1. The Labute approximate surface area is 172 Å². The predicted octanol–water partition coefficient (Wildman–Crippen LogP) is 4.58. The molecule has 1 aliphatic heterocycles. The number of hydrogen-bond acceptors (Lipinski definition) is 3. The number of benzene rings is 2. The quantitative estimate of drug-likeness (QED) is 0.699. The molecule has 4 rings (SSSR count). The van der Waals surface area contributed by atoms with Crippen molar-refractivity contribution in [1.82, 2.24) is 9.88 Å². The minimum atomic E-state index is 0.0775. The van der Waals surface area contributed by atoms with Crippen molar-refractivity contribution in [3.05, 3.63) is 95.8 Å². The van der Waals surface area contributed by atoms with Crippen LogP contribution in [0.15, 0.2) is 79.0 Å². The van der Waals surface area contributed by atoms with Gasteiger partial charge in [0.25, 0.3) is 5.91 Å². The molecule has 1 aromatic heterocycles. The first-order chi connectivity index (χ1) is 14.2. The van der Waals surface area contributed by atoms with Gasteiger partial charge in [-0.1, -0.05) is 48.5 Å².